The molecule has 0 fully saturated rings. The summed E-state index contributed by atoms with van der Waals surface area (Å²) in [5.41, 5.74) is 7.22. The number of nitrogens with zero attached hydrogens (tertiary/aromatic N) is 2. The zero-order valence-corrected chi connectivity index (χ0v) is 10.3. The van der Waals surface area contributed by atoms with Gasteiger partial charge >= 0.3 is 0 Å². The summed E-state index contributed by atoms with van der Waals surface area (Å²) in [5.74, 6) is -0.434. The Kier molecular flexibility index (Phi) is 2.76. The van der Waals surface area contributed by atoms with Gasteiger partial charge in [-0.1, -0.05) is 24.3 Å². The molecule has 1 amide bonds. The standard InChI is InChI=1S/C15H13N3O/c16-15(19)6-5-11-7-13-8-17-14-4-2-1-3-12(14)10-18(13)9-11/h1-6,8-10H,7H2,(H2,16,19)/b6-5+. The number of primary amides is 1. The molecule has 0 saturated carbocycles. The van der Waals surface area contributed by atoms with Gasteiger partial charge in [-0.2, -0.15) is 0 Å². The van der Waals surface area contributed by atoms with Crippen molar-refractivity contribution >= 4 is 12.1 Å². The smallest absolute Gasteiger partial charge is 0.241 e. The molecule has 0 atom stereocenters. The topological polar surface area (TPSA) is 58.7 Å². The van der Waals surface area contributed by atoms with E-state index in [0.717, 1.165) is 28.3 Å². The predicted octanol–water partition coefficient (Wildman–Crippen LogP) is 0.530. The van der Waals surface area contributed by atoms with Crippen LogP contribution in [0.3, 0.4) is 0 Å². The van der Waals surface area contributed by atoms with Crippen LogP contribution in [0.5, 0.6) is 0 Å². The van der Waals surface area contributed by atoms with E-state index in [9.17, 15) is 4.79 Å². The third-order valence-corrected chi connectivity index (χ3v) is 3.05. The lowest BCUT2D eigenvalue weighted by Gasteiger charge is -2.09. The van der Waals surface area contributed by atoms with Crippen LogP contribution in [0, 0.1) is 0 Å². The van der Waals surface area contributed by atoms with Gasteiger partial charge in [0, 0.05) is 42.0 Å². The second-order valence-corrected chi connectivity index (χ2v) is 4.46. The monoisotopic (exact) mass is 251 g/mol. The van der Waals surface area contributed by atoms with Gasteiger partial charge in [0.15, 0.2) is 0 Å². The summed E-state index contributed by atoms with van der Waals surface area (Å²) < 4.78 is 0. The predicted molar refractivity (Wildman–Crippen MR) is 72.6 cm³/mol. The fourth-order valence-corrected chi connectivity index (χ4v) is 2.14. The number of carbonyl (C=O) groups is 1. The van der Waals surface area contributed by atoms with Crippen molar-refractivity contribution in [3.8, 4) is 0 Å². The van der Waals surface area contributed by atoms with Gasteiger partial charge in [0.1, 0.15) is 0 Å². The number of fused-ring (bicyclic) bond motifs is 2. The van der Waals surface area contributed by atoms with Gasteiger partial charge in [-0.15, -0.1) is 0 Å². The van der Waals surface area contributed by atoms with Crippen molar-refractivity contribution in [2.75, 3.05) is 0 Å². The third kappa shape index (κ3) is 2.33. The van der Waals surface area contributed by atoms with Gasteiger partial charge in [-0.25, -0.2) is 0 Å². The second kappa shape index (κ2) is 4.57. The molecule has 4 nitrogen and oxygen atoms in total. The van der Waals surface area contributed by atoms with Gasteiger partial charge in [0.2, 0.25) is 5.91 Å². The molecule has 0 radical (unpaired) electrons. The van der Waals surface area contributed by atoms with Crippen molar-refractivity contribution < 1.29 is 4.79 Å². The highest BCUT2D eigenvalue weighted by Crippen LogP contribution is 2.26. The van der Waals surface area contributed by atoms with Crippen LogP contribution in [0.15, 0.2) is 65.1 Å². The lowest BCUT2D eigenvalue weighted by molar-refractivity contribution is -0.113. The van der Waals surface area contributed by atoms with E-state index in [1.54, 1.807) is 6.08 Å². The highest BCUT2D eigenvalue weighted by Gasteiger charge is 2.16. The van der Waals surface area contributed by atoms with Crippen LogP contribution in [0.25, 0.3) is 6.20 Å². The van der Waals surface area contributed by atoms with E-state index < -0.39 is 5.91 Å². The summed E-state index contributed by atoms with van der Waals surface area (Å²) in [6.45, 7) is 0. The molecular formula is C15H13N3O. The number of carbonyl (C=O) groups excluding carboxylic acids is 1. The fourth-order valence-electron chi connectivity index (χ4n) is 2.14. The summed E-state index contributed by atoms with van der Waals surface area (Å²) in [4.78, 5) is 17.3. The molecule has 4 heteroatoms. The van der Waals surface area contributed by atoms with Gasteiger partial charge in [0.25, 0.3) is 0 Å². The van der Waals surface area contributed by atoms with E-state index in [2.05, 4.69) is 4.99 Å². The lowest BCUT2D eigenvalue weighted by atomic mass is 10.2. The Morgan fingerprint density at radius 2 is 2.16 bits per heavy atom. The summed E-state index contributed by atoms with van der Waals surface area (Å²) in [6, 6.07) is 7.98. The Hall–Kier alpha value is -2.62. The summed E-state index contributed by atoms with van der Waals surface area (Å²) in [7, 11) is 0. The quantitative estimate of drug-likeness (QED) is 0.779. The van der Waals surface area contributed by atoms with E-state index >= 15 is 0 Å². The first-order chi connectivity index (χ1) is 9.22. The van der Waals surface area contributed by atoms with Crippen molar-refractivity contribution in [3.63, 3.8) is 0 Å². The SMILES string of the molecule is NC(=O)/C=C/C1=CN2C=c3ccccc3=NC=C2C1. The Labute approximate surface area is 110 Å². The molecule has 2 heterocycles. The normalized spacial score (nSPS) is 16.7. The minimum absolute atomic E-state index is 0.434. The number of rotatable bonds is 2. The number of benzene rings is 1. The minimum Gasteiger partial charge on any atom is -0.366 e. The number of allylic oxidation sites excluding steroid dienone is 2. The van der Waals surface area contributed by atoms with Crippen LogP contribution in [0.2, 0.25) is 0 Å². The molecule has 0 unspecified atom stereocenters. The molecule has 2 aliphatic rings. The number of hydrogen-bond donors (Lipinski definition) is 1. The van der Waals surface area contributed by atoms with Crippen molar-refractivity contribution in [2.24, 2.45) is 10.7 Å². The average Bonchev–Trinajstić information content (AvgIpc) is 2.70. The Morgan fingerprint density at radius 3 is 3.00 bits per heavy atom. The van der Waals surface area contributed by atoms with E-state index in [0.29, 0.717) is 0 Å². The highest BCUT2D eigenvalue weighted by atomic mass is 16.1. The van der Waals surface area contributed by atoms with Gasteiger partial charge in [-0.05, 0) is 11.6 Å². The molecule has 94 valence electrons. The zero-order valence-electron chi connectivity index (χ0n) is 10.3. The Bertz CT molecular complexity index is 741. The Balaban J connectivity index is 1.99. The van der Waals surface area contributed by atoms with Crippen molar-refractivity contribution in [3.05, 3.63) is 70.7 Å². The van der Waals surface area contributed by atoms with E-state index in [-0.39, 0.29) is 0 Å². The third-order valence-electron chi connectivity index (χ3n) is 3.05. The van der Waals surface area contributed by atoms with Gasteiger partial charge in [0.05, 0.1) is 5.36 Å². The number of amides is 1. The molecule has 0 bridgehead atoms. The molecule has 1 aromatic carbocycles. The first kappa shape index (κ1) is 11.5. The van der Waals surface area contributed by atoms with E-state index in [1.807, 2.05) is 47.8 Å². The molecular weight excluding hydrogens is 238 g/mol. The molecule has 0 spiro atoms. The molecule has 2 N–H and O–H groups in total. The summed E-state index contributed by atoms with van der Waals surface area (Å²) in [6.07, 6.45) is 9.77. The molecule has 19 heavy (non-hydrogen) atoms. The van der Waals surface area contributed by atoms with Crippen molar-refractivity contribution in [2.45, 2.75) is 6.42 Å². The van der Waals surface area contributed by atoms with Gasteiger partial charge in [-0.3, -0.25) is 9.79 Å². The molecule has 0 aromatic heterocycles. The van der Waals surface area contributed by atoms with Crippen LogP contribution >= 0.6 is 0 Å². The molecule has 0 aliphatic carbocycles. The fraction of sp³-hybridized carbons (Fsp3) is 0.0667. The first-order valence-corrected chi connectivity index (χ1v) is 6.03. The number of nitrogens with two attached hydrogens (primary N) is 1. The summed E-state index contributed by atoms with van der Waals surface area (Å²) >= 11 is 0. The minimum atomic E-state index is -0.434. The average molecular weight is 251 g/mol. The van der Waals surface area contributed by atoms with Crippen molar-refractivity contribution in [1.82, 2.24) is 4.90 Å². The first-order valence-electron chi connectivity index (χ1n) is 6.03. The maximum absolute atomic E-state index is 10.7. The van der Waals surface area contributed by atoms with Crippen LogP contribution in [-0.2, 0) is 4.79 Å². The molecule has 1 aromatic rings. The Morgan fingerprint density at radius 1 is 1.32 bits per heavy atom. The highest BCUT2D eigenvalue weighted by molar-refractivity contribution is 5.86. The number of hydrogen-bond acceptors (Lipinski definition) is 3. The number of para-hydroxylation sites is 1. The van der Waals surface area contributed by atoms with Crippen LogP contribution in [-0.4, -0.2) is 10.8 Å². The second-order valence-electron chi connectivity index (χ2n) is 4.46. The molecule has 0 saturated heterocycles. The van der Waals surface area contributed by atoms with E-state index in [1.165, 1.54) is 6.08 Å². The maximum atomic E-state index is 10.7. The van der Waals surface area contributed by atoms with Gasteiger partial charge < -0.3 is 10.6 Å². The summed E-state index contributed by atoms with van der Waals surface area (Å²) in [5, 5.41) is 2.04. The van der Waals surface area contributed by atoms with Crippen molar-refractivity contribution in [1.29, 1.82) is 0 Å². The van der Waals surface area contributed by atoms with Crippen LogP contribution in [0.4, 0.5) is 0 Å². The molecule has 3 rings (SSSR count). The van der Waals surface area contributed by atoms with E-state index in [4.69, 9.17) is 5.73 Å². The largest absolute Gasteiger partial charge is 0.366 e. The molecule has 2 aliphatic heterocycles. The zero-order chi connectivity index (χ0) is 13.2. The maximum Gasteiger partial charge on any atom is 0.241 e. The van der Waals surface area contributed by atoms with Crippen LogP contribution < -0.4 is 16.3 Å². The lowest BCUT2D eigenvalue weighted by Crippen LogP contribution is -2.24. The van der Waals surface area contributed by atoms with Crippen LogP contribution in [0.1, 0.15) is 6.42 Å².